The summed E-state index contributed by atoms with van der Waals surface area (Å²) >= 11 is 0. The maximum absolute atomic E-state index is 13.5. The highest BCUT2D eigenvalue weighted by molar-refractivity contribution is 7.92. The Morgan fingerprint density at radius 2 is 1.54 bits per heavy atom. The normalized spacial score (nSPS) is 11.1. The first-order valence-electron chi connectivity index (χ1n) is 11.6. The first kappa shape index (κ1) is 26.1. The Kier molecular flexibility index (Phi) is 9.14. The van der Waals surface area contributed by atoms with E-state index in [1.165, 1.54) is 12.1 Å². The van der Waals surface area contributed by atoms with Crippen molar-refractivity contribution in [2.24, 2.45) is 0 Å². The molecule has 35 heavy (non-hydrogen) atoms. The number of aryl methyl sites for hydroxylation is 2. The van der Waals surface area contributed by atoms with Gasteiger partial charge in [0.25, 0.3) is 10.0 Å². The van der Waals surface area contributed by atoms with Gasteiger partial charge in [0.2, 0.25) is 5.91 Å². The molecule has 0 radical (unpaired) electrons. The summed E-state index contributed by atoms with van der Waals surface area (Å²) in [6.45, 7) is 4.39. The Balaban J connectivity index is 1.68. The second kappa shape index (κ2) is 12.3. The lowest BCUT2D eigenvalue weighted by Gasteiger charge is -2.24. The molecule has 8 heteroatoms. The molecule has 1 N–H and O–H groups in total. The summed E-state index contributed by atoms with van der Waals surface area (Å²) in [6.07, 6.45) is 1.52. The van der Waals surface area contributed by atoms with Crippen LogP contribution in [0.25, 0.3) is 0 Å². The largest absolute Gasteiger partial charge is 0.497 e. The summed E-state index contributed by atoms with van der Waals surface area (Å²) in [7, 11) is -2.34. The number of anilines is 1. The third kappa shape index (κ3) is 7.23. The number of methoxy groups -OCH3 is 1. The molecular weight excluding hydrogens is 464 g/mol. The zero-order valence-electron chi connectivity index (χ0n) is 20.4. The van der Waals surface area contributed by atoms with Crippen molar-refractivity contribution in [1.29, 1.82) is 0 Å². The van der Waals surface area contributed by atoms with Crippen LogP contribution in [0.15, 0.2) is 77.7 Å². The van der Waals surface area contributed by atoms with Gasteiger partial charge in [0.1, 0.15) is 18.0 Å². The summed E-state index contributed by atoms with van der Waals surface area (Å²) in [6, 6.07) is 21.1. The Morgan fingerprint density at radius 3 is 2.14 bits per heavy atom. The number of nitrogens with zero attached hydrogens (tertiary/aromatic N) is 1. The Hall–Kier alpha value is -3.52. The van der Waals surface area contributed by atoms with Crippen LogP contribution in [-0.2, 0) is 21.2 Å². The van der Waals surface area contributed by atoms with Gasteiger partial charge in [-0.1, -0.05) is 29.8 Å². The lowest BCUT2D eigenvalue weighted by molar-refractivity contribution is -0.119. The van der Waals surface area contributed by atoms with E-state index < -0.39 is 10.0 Å². The van der Waals surface area contributed by atoms with E-state index in [0.29, 0.717) is 24.6 Å². The van der Waals surface area contributed by atoms with Crippen LogP contribution < -0.4 is 19.1 Å². The molecule has 0 aliphatic rings. The fourth-order valence-corrected chi connectivity index (χ4v) is 4.95. The highest BCUT2D eigenvalue weighted by atomic mass is 32.2. The molecule has 0 atom stereocenters. The molecule has 0 bridgehead atoms. The molecule has 0 saturated carbocycles. The number of benzene rings is 3. The molecule has 0 unspecified atom stereocenters. The molecule has 0 aliphatic carbocycles. The van der Waals surface area contributed by atoms with E-state index >= 15 is 0 Å². The number of nitrogens with one attached hydrogen (secondary N) is 1. The summed E-state index contributed by atoms with van der Waals surface area (Å²) in [4.78, 5) is 12.8. The van der Waals surface area contributed by atoms with Crippen molar-refractivity contribution in [3.05, 3.63) is 83.9 Å². The van der Waals surface area contributed by atoms with Crippen molar-refractivity contribution in [3.63, 3.8) is 0 Å². The summed E-state index contributed by atoms with van der Waals surface area (Å²) in [5.41, 5.74) is 2.56. The maximum Gasteiger partial charge on any atom is 0.264 e. The van der Waals surface area contributed by atoms with Crippen LogP contribution in [0.1, 0.15) is 24.5 Å². The number of hydrogen-bond acceptors (Lipinski definition) is 5. The number of ether oxygens (including phenoxy) is 2. The van der Waals surface area contributed by atoms with E-state index in [-0.39, 0.29) is 17.3 Å². The van der Waals surface area contributed by atoms with Crippen molar-refractivity contribution in [2.45, 2.75) is 31.6 Å². The van der Waals surface area contributed by atoms with Gasteiger partial charge in [-0.3, -0.25) is 9.10 Å². The highest BCUT2D eigenvalue weighted by Gasteiger charge is 2.27. The zero-order chi connectivity index (χ0) is 25.3. The molecule has 0 fully saturated rings. The number of sulfonamides is 1. The monoisotopic (exact) mass is 496 g/mol. The summed E-state index contributed by atoms with van der Waals surface area (Å²) < 4.78 is 38.7. The summed E-state index contributed by atoms with van der Waals surface area (Å²) in [5.74, 6) is 1.02. The number of carbonyl (C=O) groups excluding carboxylic acids is 1. The van der Waals surface area contributed by atoms with Crippen LogP contribution in [0, 0.1) is 6.92 Å². The summed E-state index contributed by atoms with van der Waals surface area (Å²) in [5, 5.41) is 2.85. The van der Waals surface area contributed by atoms with Crippen molar-refractivity contribution in [3.8, 4) is 11.5 Å². The predicted octanol–water partition coefficient (Wildman–Crippen LogP) is 4.35. The van der Waals surface area contributed by atoms with Gasteiger partial charge < -0.3 is 14.8 Å². The molecule has 186 valence electrons. The van der Waals surface area contributed by atoms with E-state index in [2.05, 4.69) is 5.32 Å². The third-order valence-electron chi connectivity index (χ3n) is 5.46. The SMILES string of the molecule is CCOc1ccc(S(=O)(=O)N(CC(=O)NCCCc2ccc(OC)cc2)c2ccc(C)cc2)cc1. The minimum absolute atomic E-state index is 0.0915. The van der Waals surface area contributed by atoms with Gasteiger partial charge in [0, 0.05) is 6.54 Å². The molecule has 0 saturated heterocycles. The molecule has 3 aromatic rings. The van der Waals surface area contributed by atoms with E-state index in [1.807, 2.05) is 50.2 Å². The lowest BCUT2D eigenvalue weighted by atomic mass is 10.1. The topological polar surface area (TPSA) is 84.9 Å². The van der Waals surface area contributed by atoms with Crippen LogP contribution in [0.4, 0.5) is 5.69 Å². The molecule has 7 nitrogen and oxygen atoms in total. The van der Waals surface area contributed by atoms with E-state index in [0.717, 1.165) is 34.0 Å². The molecule has 0 aromatic heterocycles. The van der Waals surface area contributed by atoms with Gasteiger partial charge in [0.05, 0.1) is 24.3 Å². The van der Waals surface area contributed by atoms with Crippen molar-refractivity contribution in [1.82, 2.24) is 5.32 Å². The third-order valence-corrected chi connectivity index (χ3v) is 7.24. The first-order valence-corrected chi connectivity index (χ1v) is 13.0. The van der Waals surface area contributed by atoms with E-state index in [4.69, 9.17) is 9.47 Å². The standard InChI is InChI=1S/C27H32N2O5S/c1-4-34-25-15-17-26(18-16-25)35(31,32)29(23-11-7-21(2)8-12-23)20-27(30)28-19-5-6-22-9-13-24(33-3)14-10-22/h7-18H,4-6,19-20H2,1-3H3,(H,28,30). The Bertz CT molecular complexity index is 1190. The molecular formula is C27H32N2O5S. The second-order valence-electron chi connectivity index (χ2n) is 8.05. The first-order chi connectivity index (χ1) is 16.8. The minimum Gasteiger partial charge on any atom is -0.497 e. The molecule has 1 amide bonds. The molecule has 0 spiro atoms. The quantitative estimate of drug-likeness (QED) is 0.377. The fraction of sp³-hybridized carbons (Fsp3) is 0.296. The van der Waals surface area contributed by atoms with Crippen molar-refractivity contribution in [2.75, 3.05) is 31.1 Å². The van der Waals surface area contributed by atoms with E-state index in [9.17, 15) is 13.2 Å². The van der Waals surface area contributed by atoms with Crippen LogP contribution in [0.5, 0.6) is 11.5 Å². The molecule has 0 aliphatic heterocycles. The van der Waals surface area contributed by atoms with Crippen LogP contribution in [-0.4, -0.2) is 41.1 Å². The average molecular weight is 497 g/mol. The number of carbonyl (C=O) groups is 1. The van der Waals surface area contributed by atoms with Crippen molar-refractivity contribution < 1.29 is 22.7 Å². The molecule has 3 rings (SSSR count). The fourth-order valence-electron chi connectivity index (χ4n) is 3.53. The van der Waals surface area contributed by atoms with Gasteiger partial charge >= 0.3 is 0 Å². The van der Waals surface area contributed by atoms with Crippen molar-refractivity contribution >= 4 is 21.6 Å². The van der Waals surface area contributed by atoms with Crippen LogP contribution >= 0.6 is 0 Å². The second-order valence-corrected chi connectivity index (χ2v) is 9.92. The number of hydrogen-bond donors (Lipinski definition) is 1. The average Bonchev–Trinajstić information content (AvgIpc) is 2.86. The number of amides is 1. The molecule has 3 aromatic carbocycles. The van der Waals surface area contributed by atoms with Crippen LogP contribution in [0.3, 0.4) is 0 Å². The maximum atomic E-state index is 13.5. The Morgan fingerprint density at radius 1 is 0.914 bits per heavy atom. The van der Waals surface area contributed by atoms with Gasteiger partial charge in [0.15, 0.2) is 0 Å². The van der Waals surface area contributed by atoms with Gasteiger partial charge in [-0.15, -0.1) is 0 Å². The minimum atomic E-state index is -3.97. The predicted molar refractivity (Wildman–Crippen MR) is 138 cm³/mol. The van der Waals surface area contributed by atoms with Gasteiger partial charge in [-0.25, -0.2) is 8.42 Å². The van der Waals surface area contributed by atoms with Gasteiger partial charge in [-0.05, 0) is 80.8 Å². The molecule has 0 heterocycles. The lowest BCUT2D eigenvalue weighted by Crippen LogP contribution is -2.41. The van der Waals surface area contributed by atoms with Crippen LogP contribution in [0.2, 0.25) is 0 Å². The smallest absolute Gasteiger partial charge is 0.264 e. The highest BCUT2D eigenvalue weighted by Crippen LogP contribution is 2.25. The zero-order valence-corrected chi connectivity index (χ0v) is 21.2. The Labute approximate surface area is 207 Å². The number of rotatable bonds is 12. The van der Waals surface area contributed by atoms with Gasteiger partial charge in [-0.2, -0.15) is 0 Å². The van der Waals surface area contributed by atoms with E-state index in [1.54, 1.807) is 31.4 Å².